The van der Waals surface area contributed by atoms with Crippen LogP contribution in [0.3, 0.4) is 0 Å². The third kappa shape index (κ3) is 2.56. The summed E-state index contributed by atoms with van der Waals surface area (Å²) >= 11 is 1.72. The van der Waals surface area contributed by atoms with Gasteiger partial charge in [-0.2, -0.15) is 0 Å². The van der Waals surface area contributed by atoms with Gasteiger partial charge in [0.2, 0.25) is 0 Å². The van der Waals surface area contributed by atoms with Gasteiger partial charge in [-0.15, -0.1) is 11.3 Å². The number of nitrogens with one attached hydrogen (secondary N) is 1. The molecule has 21 heavy (non-hydrogen) atoms. The number of piperidine rings is 1. The molecule has 0 aromatic carbocycles. The monoisotopic (exact) mass is 300 g/mol. The van der Waals surface area contributed by atoms with Crippen LogP contribution < -0.4 is 5.32 Å². The SMILES string of the molecule is CN1C2CCC1CC(Nc1cc(-c3cccs3)ncn1)C2. The molecule has 4 rings (SSSR count). The number of anilines is 1. The van der Waals surface area contributed by atoms with Crippen LogP contribution in [0.4, 0.5) is 5.82 Å². The molecule has 2 aliphatic heterocycles. The van der Waals surface area contributed by atoms with E-state index in [9.17, 15) is 0 Å². The van der Waals surface area contributed by atoms with Gasteiger partial charge in [0.25, 0.3) is 0 Å². The summed E-state index contributed by atoms with van der Waals surface area (Å²) in [6.45, 7) is 0. The second kappa shape index (κ2) is 5.39. The van der Waals surface area contributed by atoms with Crippen molar-refractivity contribution in [2.75, 3.05) is 12.4 Å². The quantitative estimate of drug-likeness (QED) is 0.945. The molecule has 2 aromatic rings. The molecule has 0 radical (unpaired) electrons. The lowest BCUT2D eigenvalue weighted by atomic mass is 9.98. The molecule has 4 nitrogen and oxygen atoms in total. The predicted molar refractivity (Wildman–Crippen MR) is 86.6 cm³/mol. The van der Waals surface area contributed by atoms with E-state index in [1.807, 2.05) is 0 Å². The number of hydrogen-bond acceptors (Lipinski definition) is 5. The number of fused-ring (bicyclic) bond motifs is 2. The van der Waals surface area contributed by atoms with Crippen LogP contribution in [-0.2, 0) is 0 Å². The highest BCUT2D eigenvalue weighted by Gasteiger charge is 2.38. The molecule has 1 N–H and O–H groups in total. The molecule has 2 aliphatic rings. The van der Waals surface area contributed by atoms with Crippen molar-refractivity contribution in [3.05, 3.63) is 29.9 Å². The van der Waals surface area contributed by atoms with E-state index in [4.69, 9.17) is 0 Å². The van der Waals surface area contributed by atoms with Crippen LogP contribution in [0, 0.1) is 0 Å². The van der Waals surface area contributed by atoms with E-state index in [1.165, 1.54) is 30.6 Å². The van der Waals surface area contributed by atoms with Gasteiger partial charge < -0.3 is 10.2 Å². The van der Waals surface area contributed by atoms with Crippen molar-refractivity contribution in [2.45, 2.75) is 43.8 Å². The first-order valence-electron chi connectivity index (χ1n) is 7.64. The summed E-state index contributed by atoms with van der Waals surface area (Å²) in [6.07, 6.45) is 6.82. The Hall–Kier alpha value is -1.46. The molecule has 0 amide bonds. The molecule has 110 valence electrons. The summed E-state index contributed by atoms with van der Waals surface area (Å²) < 4.78 is 0. The molecule has 0 aliphatic carbocycles. The summed E-state index contributed by atoms with van der Waals surface area (Å²) in [5, 5.41) is 5.71. The van der Waals surface area contributed by atoms with Crippen LogP contribution in [0.1, 0.15) is 25.7 Å². The molecule has 2 atom stereocenters. The van der Waals surface area contributed by atoms with Crippen LogP contribution in [-0.4, -0.2) is 40.0 Å². The molecular weight excluding hydrogens is 280 g/mol. The molecule has 2 unspecified atom stereocenters. The number of rotatable bonds is 3. The smallest absolute Gasteiger partial charge is 0.130 e. The van der Waals surface area contributed by atoms with Gasteiger partial charge in [-0.3, -0.25) is 0 Å². The summed E-state index contributed by atoms with van der Waals surface area (Å²) in [7, 11) is 2.28. The second-order valence-corrected chi connectivity index (χ2v) is 7.08. The minimum Gasteiger partial charge on any atom is -0.367 e. The molecule has 2 aromatic heterocycles. The lowest BCUT2D eigenvalue weighted by molar-refractivity contribution is 0.169. The number of hydrogen-bond donors (Lipinski definition) is 1. The van der Waals surface area contributed by atoms with Gasteiger partial charge in [0.1, 0.15) is 12.1 Å². The van der Waals surface area contributed by atoms with Crippen molar-refractivity contribution in [3.63, 3.8) is 0 Å². The third-order valence-electron chi connectivity index (χ3n) is 4.89. The van der Waals surface area contributed by atoms with Crippen LogP contribution in [0.25, 0.3) is 10.6 Å². The molecule has 0 saturated carbocycles. The van der Waals surface area contributed by atoms with Crippen LogP contribution in [0.5, 0.6) is 0 Å². The fourth-order valence-electron chi connectivity index (χ4n) is 3.73. The Kier molecular flexibility index (Phi) is 3.39. The average molecular weight is 300 g/mol. The van der Waals surface area contributed by atoms with E-state index in [-0.39, 0.29) is 0 Å². The average Bonchev–Trinajstić information content (AvgIpc) is 3.08. The molecule has 5 heteroatoms. The van der Waals surface area contributed by atoms with Gasteiger partial charge in [0.15, 0.2) is 0 Å². The first kappa shape index (κ1) is 13.2. The zero-order valence-electron chi connectivity index (χ0n) is 12.2. The Bertz CT molecular complexity index is 598. The van der Waals surface area contributed by atoms with Gasteiger partial charge in [-0.25, -0.2) is 9.97 Å². The lowest BCUT2D eigenvalue weighted by Crippen LogP contribution is -2.44. The largest absolute Gasteiger partial charge is 0.367 e. The zero-order chi connectivity index (χ0) is 14.2. The first-order valence-corrected chi connectivity index (χ1v) is 8.52. The van der Waals surface area contributed by atoms with Crippen LogP contribution in [0.2, 0.25) is 0 Å². The molecule has 2 bridgehead atoms. The highest BCUT2D eigenvalue weighted by molar-refractivity contribution is 7.13. The Labute approximate surface area is 129 Å². The van der Waals surface area contributed by atoms with Crippen molar-refractivity contribution in [1.29, 1.82) is 0 Å². The highest BCUT2D eigenvalue weighted by atomic mass is 32.1. The number of nitrogens with zero attached hydrogens (tertiary/aromatic N) is 3. The molecule has 0 spiro atoms. The number of aromatic nitrogens is 2. The minimum absolute atomic E-state index is 0.546. The van der Waals surface area contributed by atoms with Crippen LogP contribution in [0.15, 0.2) is 29.9 Å². The lowest BCUT2D eigenvalue weighted by Gasteiger charge is -2.36. The first-order chi connectivity index (χ1) is 10.3. The summed E-state index contributed by atoms with van der Waals surface area (Å²) in [6, 6.07) is 8.28. The molecular formula is C16H20N4S. The zero-order valence-corrected chi connectivity index (χ0v) is 13.0. The van der Waals surface area contributed by atoms with Crippen molar-refractivity contribution >= 4 is 17.2 Å². The topological polar surface area (TPSA) is 41.0 Å². The van der Waals surface area contributed by atoms with Crippen molar-refractivity contribution in [3.8, 4) is 10.6 Å². The fraction of sp³-hybridized carbons (Fsp3) is 0.500. The normalized spacial score (nSPS) is 28.7. The highest BCUT2D eigenvalue weighted by Crippen LogP contribution is 2.35. The standard InChI is InChI=1S/C16H20N4S/c1-20-12-4-5-13(20)8-11(7-12)19-16-9-14(17-10-18-16)15-3-2-6-21-15/h2-3,6,9-13H,4-5,7-8H2,1H3,(H,17,18,19). The van der Waals surface area contributed by atoms with Gasteiger partial charge in [0.05, 0.1) is 10.6 Å². The van der Waals surface area contributed by atoms with Crippen molar-refractivity contribution in [2.24, 2.45) is 0 Å². The van der Waals surface area contributed by atoms with Gasteiger partial charge in [0, 0.05) is 24.2 Å². The van der Waals surface area contributed by atoms with Crippen molar-refractivity contribution < 1.29 is 0 Å². The van der Waals surface area contributed by atoms with Gasteiger partial charge >= 0.3 is 0 Å². The molecule has 2 saturated heterocycles. The molecule has 2 fully saturated rings. The van der Waals surface area contributed by atoms with E-state index < -0.39 is 0 Å². The van der Waals surface area contributed by atoms with E-state index in [2.05, 4.69) is 50.8 Å². The van der Waals surface area contributed by atoms with E-state index >= 15 is 0 Å². The molecule has 4 heterocycles. The summed E-state index contributed by atoms with van der Waals surface area (Å²) in [4.78, 5) is 12.5. The third-order valence-corrected chi connectivity index (χ3v) is 5.78. The van der Waals surface area contributed by atoms with E-state index in [0.717, 1.165) is 23.6 Å². The Balaban J connectivity index is 1.49. The summed E-state index contributed by atoms with van der Waals surface area (Å²) in [5.74, 6) is 0.961. The van der Waals surface area contributed by atoms with E-state index in [0.29, 0.717) is 6.04 Å². The maximum absolute atomic E-state index is 4.40. The van der Waals surface area contributed by atoms with E-state index in [1.54, 1.807) is 17.7 Å². The Morgan fingerprint density at radius 1 is 1.24 bits per heavy atom. The Morgan fingerprint density at radius 3 is 2.76 bits per heavy atom. The van der Waals surface area contributed by atoms with Crippen LogP contribution >= 0.6 is 11.3 Å². The van der Waals surface area contributed by atoms with Gasteiger partial charge in [-0.1, -0.05) is 6.07 Å². The Morgan fingerprint density at radius 2 is 2.05 bits per heavy atom. The maximum atomic E-state index is 4.40. The minimum atomic E-state index is 0.546. The maximum Gasteiger partial charge on any atom is 0.130 e. The van der Waals surface area contributed by atoms with Crippen molar-refractivity contribution in [1.82, 2.24) is 14.9 Å². The van der Waals surface area contributed by atoms with Gasteiger partial charge in [-0.05, 0) is 44.2 Å². The second-order valence-electron chi connectivity index (χ2n) is 6.13. The predicted octanol–water partition coefficient (Wildman–Crippen LogP) is 3.24. The number of thiophene rings is 1. The summed E-state index contributed by atoms with van der Waals surface area (Å²) in [5.41, 5.74) is 1.01. The fourth-order valence-corrected chi connectivity index (χ4v) is 4.43.